The van der Waals surface area contributed by atoms with Gasteiger partial charge < -0.3 is 9.15 Å². The lowest BCUT2D eigenvalue weighted by molar-refractivity contribution is -0.133. The highest BCUT2D eigenvalue weighted by atomic mass is 16.5. The second-order valence-corrected chi connectivity index (χ2v) is 6.55. The lowest BCUT2D eigenvalue weighted by Gasteiger charge is -2.09. The number of hydrogen-bond donors (Lipinski definition) is 0. The van der Waals surface area contributed by atoms with E-state index in [9.17, 15) is 9.59 Å². The van der Waals surface area contributed by atoms with E-state index in [0.29, 0.717) is 16.9 Å². The molecule has 0 saturated heterocycles. The molecule has 3 aromatic carbocycles. The van der Waals surface area contributed by atoms with E-state index in [-0.39, 0.29) is 12.4 Å². The number of esters is 1. The van der Waals surface area contributed by atoms with Crippen LogP contribution in [0.15, 0.2) is 88.1 Å². The zero-order chi connectivity index (χ0) is 19.5. The Morgan fingerprint density at radius 1 is 0.929 bits per heavy atom. The van der Waals surface area contributed by atoms with Crippen LogP contribution in [0.1, 0.15) is 11.1 Å². The molecule has 4 heteroatoms. The van der Waals surface area contributed by atoms with E-state index in [1.165, 1.54) is 0 Å². The summed E-state index contributed by atoms with van der Waals surface area (Å²) >= 11 is 0. The molecular weight excluding hydrogens is 352 g/mol. The van der Waals surface area contributed by atoms with Crippen molar-refractivity contribution in [2.24, 2.45) is 0 Å². The van der Waals surface area contributed by atoms with Crippen LogP contribution in [0.2, 0.25) is 0 Å². The molecule has 0 unspecified atom stereocenters. The molecule has 0 fully saturated rings. The molecule has 28 heavy (non-hydrogen) atoms. The highest BCUT2D eigenvalue weighted by Gasteiger charge is 2.14. The van der Waals surface area contributed by atoms with Gasteiger partial charge in [0.1, 0.15) is 11.3 Å². The lowest BCUT2D eigenvalue weighted by Crippen LogP contribution is -2.11. The highest BCUT2D eigenvalue weighted by Crippen LogP contribution is 2.29. The Labute approximate surface area is 162 Å². The fraction of sp³-hybridized carbons (Fsp3) is 0.0833. The molecule has 0 atom stereocenters. The summed E-state index contributed by atoms with van der Waals surface area (Å²) in [4.78, 5) is 24.7. The van der Waals surface area contributed by atoms with Crippen molar-refractivity contribution in [3.63, 3.8) is 0 Å². The molecule has 0 spiro atoms. The molecule has 0 saturated carbocycles. The largest absolute Gasteiger partial charge is 0.426 e. The summed E-state index contributed by atoms with van der Waals surface area (Å²) < 4.78 is 10.9. The van der Waals surface area contributed by atoms with Crippen LogP contribution in [-0.4, -0.2) is 5.97 Å². The zero-order valence-electron chi connectivity index (χ0n) is 15.3. The predicted molar refractivity (Wildman–Crippen MR) is 108 cm³/mol. The SMILES string of the molecule is Cc1c(-c2ccccc2)c(=O)oc2cc(OC(=O)Cc3ccccc3)ccc12. The van der Waals surface area contributed by atoms with Gasteiger partial charge in [0.05, 0.1) is 12.0 Å². The zero-order valence-corrected chi connectivity index (χ0v) is 15.3. The Kier molecular flexibility index (Phi) is 4.77. The number of ether oxygens (including phenoxy) is 1. The van der Waals surface area contributed by atoms with Crippen molar-refractivity contribution in [1.29, 1.82) is 0 Å². The van der Waals surface area contributed by atoms with Gasteiger partial charge in [0.15, 0.2) is 0 Å². The smallest absolute Gasteiger partial charge is 0.344 e. The molecule has 138 valence electrons. The molecule has 4 nitrogen and oxygen atoms in total. The minimum Gasteiger partial charge on any atom is -0.426 e. The van der Waals surface area contributed by atoms with Crippen molar-refractivity contribution in [3.8, 4) is 16.9 Å². The minimum absolute atomic E-state index is 0.175. The van der Waals surface area contributed by atoms with Crippen LogP contribution in [0.5, 0.6) is 5.75 Å². The van der Waals surface area contributed by atoms with Crippen molar-refractivity contribution in [2.75, 3.05) is 0 Å². The molecule has 0 aliphatic rings. The maximum atomic E-state index is 12.6. The standard InChI is InChI=1S/C24H18O4/c1-16-20-13-12-19(27-22(25)14-17-8-4-2-5-9-17)15-21(20)28-24(26)23(16)18-10-6-3-7-11-18/h2-13,15H,14H2,1H3. The van der Waals surface area contributed by atoms with Gasteiger partial charge in [-0.15, -0.1) is 0 Å². The molecule has 0 bridgehead atoms. The summed E-state index contributed by atoms with van der Waals surface area (Å²) in [5.41, 5.74) is 3.05. The predicted octanol–water partition coefficient (Wildman–Crippen LogP) is 4.92. The molecular formula is C24H18O4. The van der Waals surface area contributed by atoms with Crippen molar-refractivity contribution < 1.29 is 13.9 Å². The van der Waals surface area contributed by atoms with Crippen LogP contribution in [0.3, 0.4) is 0 Å². The van der Waals surface area contributed by atoms with E-state index in [2.05, 4.69) is 0 Å². The first-order chi connectivity index (χ1) is 13.6. The lowest BCUT2D eigenvalue weighted by atomic mass is 10.00. The quantitative estimate of drug-likeness (QED) is 0.291. The van der Waals surface area contributed by atoms with Crippen molar-refractivity contribution >= 4 is 16.9 Å². The number of aryl methyl sites for hydroxylation is 1. The summed E-state index contributed by atoms with van der Waals surface area (Å²) in [5.74, 6) is -0.0195. The molecule has 0 aliphatic carbocycles. The molecule has 1 aromatic heterocycles. The van der Waals surface area contributed by atoms with E-state index in [0.717, 1.165) is 22.1 Å². The number of carbonyl (C=O) groups excluding carboxylic acids is 1. The van der Waals surface area contributed by atoms with E-state index in [1.54, 1.807) is 12.1 Å². The summed E-state index contributed by atoms with van der Waals surface area (Å²) in [5, 5.41) is 0.807. The Hall–Kier alpha value is -3.66. The maximum Gasteiger partial charge on any atom is 0.344 e. The minimum atomic E-state index is -0.413. The first kappa shape index (κ1) is 17.7. The van der Waals surface area contributed by atoms with Crippen LogP contribution in [0.4, 0.5) is 0 Å². The van der Waals surface area contributed by atoms with Gasteiger partial charge in [0.2, 0.25) is 0 Å². The summed E-state index contributed by atoms with van der Waals surface area (Å²) in [7, 11) is 0. The molecule has 0 aliphatic heterocycles. The Morgan fingerprint density at radius 2 is 1.61 bits per heavy atom. The Balaban J connectivity index is 1.65. The van der Waals surface area contributed by atoms with Crippen LogP contribution >= 0.6 is 0 Å². The van der Waals surface area contributed by atoms with Crippen LogP contribution in [0.25, 0.3) is 22.1 Å². The normalized spacial score (nSPS) is 10.8. The fourth-order valence-corrected chi connectivity index (χ4v) is 3.27. The van der Waals surface area contributed by atoms with Gasteiger partial charge in [-0.05, 0) is 35.7 Å². The van der Waals surface area contributed by atoms with Gasteiger partial charge in [0.25, 0.3) is 0 Å². The third-order valence-corrected chi connectivity index (χ3v) is 4.62. The molecule has 0 radical (unpaired) electrons. The monoisotopic (exact) mass is 370 g/mol. The molecule has 4 rings (SSSR count). The van der Waals surface area contributed by atoms with Crippen molar-refractivity contribution in [2.45, 2.75) is 13.3 Å². The number of benzene rings is 3. The van der Waals surface area contributed by atoms with Gasteiger partial charge in [0, 0.05) is 11.5 Å². The van der Waals surface area contributed by atoms with Crippen molar-refractivity contribution in [1.82, 2.24) is 0 Å². The fourth-order valence-electron chi connectivity index (χ4n) is 3.27. The molecule has 0 N–H and O–H groups in total. The summed E-state index contributed by atoms with van der Waals surface area (Å²) in [6.45, 7) is 1.89. The van der Waals surface area contributed by atoms with E-state index >= 15 is 0 Å². The van der Waals surface area contributed by atoms with Gasteiger partial charge in [-0.3, -0.25) is 4.79 Å². The maximum absolute atomic E-state index is 12.6. The second kappa shape index (κ2) is 7.53. The first-order valence-electron chi connectivity index (χ1n) is 8.99. The van der Waals surface area contributed by atoms with Gasteiger partial charge in [-0.2, -0.15) is 0 Å². The topological polar surface area (TPSA) is 56.5 Å². The van der Waals surface area contributed by atoms with Gasteiger partial charge >= 0.3 is 11.6 Å². The van der Waals surface area contributed by atoms with Crippen LogP contribution < -0.4 is 10.4 Å². The third kappa shape index (κ3) is 3.58. The van der Waals surface area contributed by atoms with E-state index < -0.39 is 5.63 Å². The number of hydrogen-bond acceptors (Lipinski definition) is 4. The molecule has 4 aromatic rings. The molecule has 0 amide bonds. The third-order valence-electron chi connectivity index (χ3n) is 4.62. The van der Waals surface area contributed by atoms with E-state index in [4.69, 9.17) is 9.15 Å². The Morgan fingerprint density at radius 3 is 2.32 bits per heavy atom. The summed E-state index contributed by atoms with van der Waals surface area (Å²) in [6, 6.07) is 23.9. The van der Waals surface area contributed by atoms with Crippen LogP contribution in [-0.2, 0) is 11.2 Å². The van der Waals surface area contributed by atoms with Gasteiger partial charge in [-0.25, -0.2) is 4.79 Å². The molecule has 1 heterocycles. The average molecular weight is 370 g/mol. The van der Waals surface area contributed by atoms with Crippen LogP contribution in [0, 0.1) is 6.92 Å². The Bertz CT molecular complexity index is 1190. The van der Waals surface area contributed by atoms with E-state index in [1.807, 2.05) is 73.7 Å². The highest BCUT2D eigenvalue weighted by molar-refractivity contribution is 5.88. The number of rotatable bonds is 4. The number of carbonyl (C=O) groups is 1. The summed E-state index contributed by atoms with van der Waals surface area (Å²) in [6.07, 6.45) is 0.175. The van der Waals surface area contributed by atoms with Crippen molar-refractivity contribution in [3.05, 3.63) is 100 Å². The number of fused-ring (bicyclic) bond motifs is 1. The average Bonchev–Trinajstić information content (AvgIpc) is 2.69. The second-order valence-electron chi connectivity index (χ2n) is 6.55. The first-order valence-corrected chi connectivity index (χ1v) is 8.99. The van der Waals surface area contributed by atoms with Gasteiger partial charge in [-0.1, -0.05) is 60.7 Å².